The van der Waals surface area contributed by atoms with Crippen molar-refractivity contribution in [3.8, 4) is 11.5 Å². The Morgan fingerprint density at radius 1 is 0.812 bits per heavy atom. The molecule has 0 spiro atoms. The van der Waals surface area contributed by atoms with Crippen molar-refractivity contribution in [1.82, 2.24) is 0 Å². The predicted octanol–water partition coefficient (Wildman–Crippen LogP) is 8.53. The molecule has 2 aliphatic carbocycles. The Bertz CT molecular complexity index is 708. The van der Waals surface area contributed by atoms with Crippen LogP contribution in [-0.4, -0.2) is 12.7 Å². The summed E-state index contributed by atoms with van der Waals surface area (Å²) >= 11 is 0. The maximum absolute atomic E-state index is 14.8. The van der Waals surface area contributed by atoms with E-state index in [-0.39, 0.29) is 12.4 Å². The van der Waals surface area contributed by atoms with E-state index in [0.29, 0.717) is 31.1 Å². The highest BCUT2D eigenvalue weighted by Gasteiger charge is 2.45. The molecule has 0 atom stereocenters. The molecule has 6 heteroatoms. The fourth-order valence-corrected chi connectivity index (χ4v) is 5.54. The molecule has 0 N–H and O–H groups in total. The Morgan fingerprint density at radius 2 is 1.38 bits per heavy atom. The van der Waals surface area contributed by atoms with E-state index in [1.54, 1.807) is 0 Å². The Labute approximate surface area is 190 Å². The number of hydrogen-bond donors (Lipinski definition) is 0. The molecule has 32 heavy (non-hydrogen) atoms. The Balaban J connectivity index is 1.53. The second-order valence-electron chi connectivity index (χ2n) is 9.74. The van der Waals surface area contributed by atoms with E-state index in [2.05, 4.69) is 6.92 Å². The summed E-state index contributed by atoms with van der Waals surface area (Å²) in [4.78, 5) is 0. The van der Waals surface area contributed by atoms with Gasteiger partial charge in [0, 0.05) is 0 Å². The summed E-state index contributed by atoms with van der Waals surface area (Å²) in [6, 6.07) is 2.19. The number of unbranched alkanes of at least 4 members (excludes halogenated alkanes) is 1. The molecule has 2 fully saturated rings. The van der Waals surface area contributed by atoms with Crippen LogP contribution in [0.3, 0.4) is 0 Å². The fraction of sp³-hybridized carbons (Fsp3) is 0.769. The molecule has 0 amide bonds. The van der Waals surface area contributed by atoms with Crippen molar-refractivity contribution in [3.05, 3.63) is 23.8 Å². The van der Waals surface area contributed by atoms with Crippen molar-refractivity contribution in [1.29, 1.82) is 0 Å². The van der Waals surface area contributed by atoms with Gasteiger partial charge in [0.1, 0.15) is 0 Å². The zero-order valence-electron chi connectivity index (χ0n) is 19.5. The van der Waals surface area contributed by atoms with Gasteiger partial charge in [0.2, 0.25) is 11.6 Å². The molecule has 0 aromatic heterocycles. The highest BCUT2D eigenvalue weighted by Crippen LogP contribution is 2.46. The van der Waals surface area contributed by atoms with E-state index in [9.17, 15) is 17.6 Å². The number of alkyl halides is 2. The van der Waals surface area contributed by atoms with E-state index in [0.717, 1.165) is 37.3 Å². The Morgan fingerprint density at radius 3 is 1.97 bits per heavy atom. The van der Waals surface area contributed by atoms with Crippen molar-refractivity contribution in [2.24, 2.45) is 23.7 Å². The highest BCUT2D eigenvalue weighted by atomic mass is 19.3. The maximum atomic E-state index is 14.8. The largest absolute Gasteiger partial charge is 0.490 e. The lowest BCUT2D eigenvalue weighted by Gasteiger charge is -2.39. The van der Waals surface area contributed by atoms with Crippen LogP contribution in [0.4, 0.5) is 17.6 Å². The van der Waals surface area contributed by atoms with Crippen LogP contribution < -0.4 is 9.47 Å². The van der Waals surface area contributed by atoms with Gasteiger partial charge in [0.15, 0.2) is 11.5 Å². The summed E-state index contributed by atoms with van der Waals surface area (Å²) in [5, 5.41) is 0. The average Bonchev–Trinajstić information content (AvgIpc) is 2.79. The standard InChI is InChI=1S/C26H38F4O2/c1-3-5-17-31-22-15-16-23(25(28)24(22)27)32-26(29,30)21-13-11-20(12-14-21)19-9-7-18(6-4-2)8-10-19/h15-16,18-21H,3-14,17H2,1-2H3. The van der Waals surface area contributed by atoms with Gasteiger partial charge < -0.3 is 9.47 Å². The minimum atomic E-state index is -3.53. The molecular weight excluding hydrogens is 420 g/mol. The van der Waals surface area contributed by atoms with Crippen LogP contribution in [-0.2, 0) is 0 Å². The lowest BCUT2D eigenvalue weighted by Crippen LogP contribution is -2.38. The number of ether oxygens (including phenoxy) is 2. The molecule has 2 saturated carbocycles. The molecule has 0 radical (unpaired) electrons. The van der Waals surface area contributed by atoms with Gasteiger partial charge in [0.25, 0.3) is 0 Å². The zero-order chi connectivity index (χ0) is 23.1. The molecule has 1 aromatic rings. The molecule has 0 aliphatic heterocycles. The van der Waals surface area contributed by atoms with Crippen LogP contribution >= 0.6 is 0 Å². The molecule has 2 nitrogen and oxygen atoms in total. The van der Waals surface area contributed by atoms with Gasteiger partial charge in [-0.05, 0) is 74.8 Å². The van der Waals surface area contributed by atoms with E-state index in [1.165, 1.54) is 38.5 Å². The van der Waals surface area contributed by atoms with E-state index in [4.69, 9.17) is 9.47 Å². The first-order valence-corrected chi connectivity index (χ1v) is 12.5. The van der Waals surface area contributed by atoms with Crippen LogP contribution in [0.25, 0.3) is 0 Å². The van der Waals surface area contributed by atoms with Crippen LogP contribution in [0.15, 0.2) is 12.1 Å². The molecule has 0 bridgehead atoms. The summed E-state index contributed by atoms with van der Waals surface area (Å²) in [5.41, 5.74) is 0. The second kappa shape index (κ2) is 11.6. The normalized spacial score (nSPS) is 26.7. The summed E-state index contributed by atoms with van der Waals surface area (Å²) in [5.74, 6) is -2.73. The third-order valence-corrected chi connectivity index (χ3v) is 7.52. The molecule has 0 unspecified atom stereocenters. The first kappa shape index (κ1) is 25.2. The molecule has 182 valence electrons. The summed E-state index contributed by atoms with van der Waals surface area (Å²) in [6.45, 7) is 4.42. The molecular formula is C26H38F4O2. The minimum absolute atomic E-state index is 0.243. The van der Waals surface area contributed by atoms with Gasteiger partial charge in [-0.1, -0.05) is 46.0 Å². The summed E-state index contributed by atoms with van der Waals surface area (Å²) in [6.07, 6.45) is 7.73. The van der Waals surface area contributed by atoms with E-state index in [1.807, 2.05) is 6.92 Å². The maximum Gasteiger partial charge on any atom is 0.400 e. The lowest BCUT2D eigenvalue weighted by atomic mass is 9.68. The minimum Gasteiger partial charge on any atom is -0.490 e. The molecule has 0 heterocycles. The quantitative estimate of drug-likeness (QED) is 0.258. The topological polar surface area (TPSA) is 18.5 Å². The van der Waals surface area contributed by atoms with Crippen LogP contribution in [0.5, 0.6) is 11.5 Å². The van der Waals surface area contributed by atoms with Crippen molar-refractivity contribution in [2.45, 2.75) is 97.0 Å². The van der Waals surface area contributed by atoms with Crippen molar-refractivity contribution >= 4 is 0 Å². The first-order valence-electron chi connectivity index (χ1n) is 12.5. The number of benzene rings is 1. The molecule has 3 rings (SSSR count). The van der Waals surface area contributed by atoms with Crippen LogP contribution in [0.2, 0.25) is 0 Å². The molecule has 0 saturated heterocycles. The number of hydrogen-bond acceptors (Lipinski definition) is 2. The van der Waals surface area contributed by atoms with E-state index < -0.39 is 29.4 Å². The van der Waals surface area contributed by atoms with Crippen LogP contribution in [0.1, 0.15) is 90.9 Å². The SMILES string of the molecule is CCCCOc1ccc(OC(F)(F)C2CCC(C3CCC(CCC)CC3)CC2)c(F)c1F. The van der Waals surface area contributed by atoms with Crippen molar-refractivity contribution in [2.75, 3.05) is 6.61 Å². The van der Waals surface area contributed by atoms with Gasteiger partial charge >= 0.3 is 6.11 Å². The first-order chi connectivity index (χ1) is 15.4. The van der Waals surface area contributed by atoms with Gasteiger partial charge in [-0.15, -0.1) is 0 Å². The van der Waals surface area contributed by atoms with Gasteiger partial charge in [-0.2, -0.15) is 17.6 Å². The third kappa shape index (κ3) is 6.32. The Hall–Kier alpha value is -1.46. The lowest BCUT2D eigenvalue weighted by molar-refractivity contribution is -0.225. The van der Waals surface area contributed by atoms with Crippen LogP contribution in [0, 0.1) is 35.3 Å². The monoisotopic (exact) mass is 458 g/mol. The average molecular weight is 459 g/mol. The molecule has 2 aliphatic rings. The summed E-state index contributed by atoms with van der Waals surface area (Å²) < 4.78 is 68.1. The third-order valence-electron chi connectivity index (χ3n) is 7.52. The van der Waals surface area contributed by atoms with Gasteiger partial charge in [-0.25, -0.2) is 0 Å². The zero-order valence-corrected chi connectivity index (χ0v) is 19.5. The van der Waals surface area contributed by atoms with Gasteiger partial charge in [-0.3, -0.25) is 0 Å². The van der Waals surface area contributed by atoms with Gasteiger partial charge in [0.05, 0.1) is 12.5 Å². The summed E-state index contributed by atoms with van der Waals surface area (Å²) in [7, 11) is 0. The molecule has 1 aromatic carbocycles. The predicted molar refractivity (Wildman–Crippen MR) is 118 cm³/mol. The Kier molecular flexibility index (Phi) is 9.13. The number of halogens is 4. The highest BCUT2D eigenvalue weighted by molar-refractivity contribution is 5.35. The smallest absolute Gasteiger partial charge is 0.400 e. The van der Waals surface area contributed by atoms with Crippen molar-refractivity contribution < 1.29 is 27.0 Å². The second-order valence-corrected chi connectivity index (χ2v) is 9.74. The van der Waals surface area contributed by atoms with E-state index >= 15 is 0 Å². The number of rotatable bonds is 10. The fourth-order valence-electron chi connectivity index (χ4n) is 5.54. The van der Waals surface area contributed by atoms with Crippen molar-refractivity contribution in [3.63, 3.8) is 0 Å².